The van der Waals surface area contributed by atoms with Crippen molar-refractivity contribution < 1.29 is 9.53 Å². The van der Waals surface area contributed by atoms with E-state index in [0.29, 0.717) is 5.56 Å². The molecule has 0 radical (unpaired) electrons. The molecule has 1 aromatic heterocycles. The van der Waals surface area contributed by atoms with Crippen LogP contribution in [0.4, 0.5) is 0 Å². The number of aromatic amines is 1. The van der Waals surface area contributed by atoms with Crippen molar-refractivity contribution in [3.05, 3.63) is 42.2 Å². The van der Waals surface area contributed by atoms with E-state index in [0.717, 1.165) is 29.6 Å². The van der Waals surface area contributed by atoms with Crippen LogP contribution in [0.2, 0.25) is 0 Å². The lowest BCUT2D eigenvalue weighted by molar-refractivity contribution is 0.105. The van der Waals surface area contributed by atoms with Crippen LogP contribution < -0.4 is 4.74 Å². The third kappa shape index (κ3) is 3.05. The Kier molecular flexibility index (Phi) is 3.74. The van der Waals surface area contributed by atoms with Crippen molar-refractivity contribution >= 4 is 6.29 Å². The largest absolute Gasteiger partial charge is 0.488 e. The summed E-state index contributed by atoms with van der Waals surface area (Å²) in [7, 11) is 0. The Balaban J connectivity index is 2.22. The Bertz CT molecular complexity index is 552. The Morgan fingerprint density at radius 3 is 2.47 bits per heavy atom. The van der Waals surface area contributed by atoms with Crippen LogP contribution in [0.25, 0.3) is 11.1 Å². The highest BCUT2D eigenvalue weighted by molar-refractivity contribution is 5.87. The van der Waals surface area contributed by atoms with Crippen molar-refractivity contribution in [1.29, 1.82) is 0 Å². The summed E-state index contributed by atoms with van der Waals surface area (Å²) in [5.74, 6) is 0.846. The molecular formula is C16H19NO2. The van der Waals surface area contributed by atoms with Gasteiger partial charge in [0, 0.05) is 23.5 Å². The van der Waals surface area contributed by atoms with Gasteiger partial charge in [-0.25, -0.2) is 0 Å². The molecular weight excluding hydrogens is 238 g/mol. The Hall–Kier alpha value is -2.03. The summed E-state index contributed by atoms with van der Waals surface area (Å²) in [4.78, 5) is 13.9. The third-order valence-corrected chi connectivity index (χ3v) is 3.32. The molecule has 0 saturated carbocycles. The second-order valence-corrected chi connectivity index (χ2v) is 5.18. The number of benzene rings is 1. The Labute approximate surface area is 113 Å². The average Bonchev–Trinajstić information content (AvgIpc) is 2.87. The van der Waals surface area contributed by atoms with Crippen molar-refractivity contribution in [2.45, 2.75) is 32.8 Å². The average molecular weight is 257 g/mol. The molecule has 1 heterocycles. The van der Waals surface area contributed by atoms with Gasteiger partial charge < -0.3 is 9.72 Å². The van der Waals surface area contributed by atoms with Gasteiger partial charge in [-0.1, -0.05) is 19.1 Å². The molecule has 2 aromatic rings. The number of rotatable bonds is 5. The summed E-state index contributed by atoms with van der Waals surface area (Å²) < 4.78 is 5.90. The van der Waals surface area contributed by atoms with E-state index < -0.39 is 0 Å². The summed E-state index contributed by atoms with van der Waals surface area (Å²) in [5.41, 5.74) is 2.42. The summed E-state index contributed by atoms with van der Waals surface area (Å²) in [6, 6.07) is 7.82. The molecule has 1 aromatic carbocycles. The van der Waals surface area contributed by atoms with Gasteiger partial charge in [0.2, 0.25) is 0 Å². The van der Waals surface area contributed by atoms with Crippen molar-refractivity contribution in [2.24, 2.45) is 0 Å². The monoisotopic (exact) mass is 257 g/mol. The molecule has 0 bridgehead atoms. The number of hydrogen-bond acceptors (Lipinski definition) is 2. The smallest absolute Gasteiger partial charge is 0.152 e. The topological polar surface area (TPSA) is 42.1 Å². The molecule has 0 atom stereocenters. The first-order valence-corrected chi connectivity index (χ1v) is 6.47. The molecule has 1 N–H and O–H groups in total. The predicted molar refractivity (Wildman–Crippen MR) is 76.6 cm³/mol. The molecule has 0 spiro atoms. The van der Waals surface area contributed by atoms with Crippen molar-refractivity contribution in [1.82, 2.24) is 4.98 Å². The van der Waals surface area contributed by atoms with E-state index in [2.05, 4.69) is 25.8 Å². The summed E-state index contributed by atoms with van der Waals surface area (Å²) >= 11 is 0. The zero-order valence-electron chi connectivity index (χ0n) is 11.6. The van der Waals surface area contributed by atoms with Gasteiger partial charge in [-0.15, -0.1) is 0 Å². The number of hydrogen-bond donors (Lipinski definition) is 1. The fraction of sp³-hybridized carbons (Fsp3) is 0.312. The molecule has 2 rings (SSSR count). The lowest BCUT2D eigenvalue weighted by Crippen LogP contribution is -2.26. The molecule has 100 valence electrons. The number of carbonyl (C=O) groups is 1. The highest BCUT2D eigenvalue weighted by Gasteiger charge is 2.16. The predicted octanol–water partition coefficient (Wildman–Crippen LogP) is 4.06. The number of ether oxygens (including phenoxy) is 1. The van der Waals surface area contributed by atoms with Crippen LogP contribution >= 0.6 is 0 Å². The lowest BCUT2D eigenvalue weighted by Gasteiger charge is -2.24. The van der Waals surface area contributed by atoms with E-state index in [1.165, 1.54) is 0 Å². The van der Waals surface area contributed by atoms with Gasteiger partial charge in [0.15, 0.2) is 6.29 Å². The summed E-state index contributed by atoms with van der Waals surface area (Å²) in [6.07, 6.45) is 5.33. The van der Waals surface area contributed by atoms with E-state index in [-0.39, 0.29) is 5.60 Å². The van der Waals surface area contributed by atoms with Crippen molar-refractivity contribution in [2.75, 3.05) is 0 Å². The minimum Gasteiger partial charge on any atom is -0.488 e. The number of carbonyl (C=O) groups excluding carboxylic acids is 1. The maximum atomic E-state index is 10.9. The highest BCUT2D eigenvalue weighted by Crippen LogP contribution is 2.27. The van der Waals surface area contributed by atoms with E-state index in [4.69, 9.17) is 4.74 Å². The van der Waals surface area contributed by atoms with Crippen molar-refractivity contribution in [3.8, 4) is 16.9 Å². The van der Waals surface area contributed by atoms with E-state index >= 15 is 0 Å². The van der Waals surface area contributed by atoms with E-state index in [9.17, 15) is 4.79 Å². The number of aromatic nitrogens is 1. The van der Waals surface area contributed by atoms with Gasteiger partial charge in [0.05, 0.1) is 0 Å². The fourth-order valence-corrected chi connectivity index (χ4v) is 1.82. The van der Waals surface area contributed by atoms with E-state index in [1.54, 1.807) is 6.20 Å². The Morgan fingerprint density at radius 1 is 1.21 bits per heavy atom. The molecule has 3 nitrogen and oxygen atoms in total. The molecule has 0 saturated heterocycles. The first-order chi connectivity index (χ1) is 9.05. The minimum atomic E-state index is -0.163. The Morgan fingerprint density at radius 2 is 1.89 bits per heavy atom. The maximum absolute atomic E-state index is 10.9. The van der Waals surface area contributed by atoms with Crippen LogP contribution in [-0.4, -0.2) is 16.9 Å². The highest BCUT2D eigenvalue weighted by atomic mass is 16.5. The lowest BCUT2D eigenvalue weighted by atomic mass is 10.0. The van der Waals surface area contributed by atoms with Crippen LogP contribution in [0.5, 0.6) is 5.75 Å². The van der Waals surface area contributed by atoms with Crippen LogP contribution in [0, 0.1) is 0 Å². The van der Waals surface area contributed by atoms with Gasteiger partial charge in [-0.2, -0.15) is 0 Å². The molecule has 19 heavy (non-hydrogen) atoms. The standard InChI is InChI=1S/C16H19NO2/c1-4-16(2,3)19-14-7-5-12(6-8-14)15-10-17-9-13(15)11-18/h5-11,17H,4H2,1-3H3. The summed E-state index contributed by atoms with van der Waals surface area (Å²) in [5, 5.41) is 0. The normalized spacial score (nSPS) is 11.3. The van der Waals surface area contributed by atoms with Crippen LogP contribution in [0.1, 0.15) is 37.6 Å². The molecule has 0 fully saturated rings. The zero-order valence-corrected chi connectivity index (χ0v) is 11.6. The van der Waals surface area contributed by atoms with Gasteiger partial charge in [0.1, 0.15) is 11.4 Å². The third-order valence-electron chi connectivity index (χ3n) is 3.32. The first kappa shape index (κ1) is 13.4. The second kappa shape index (κ2) is 5.31. The molecule has 0 aliphatic heterocycles. The fourth-order valence-electron chi connectivity index (χ4n) is 1.82. The van der Waals surface area contributed by atoms with Gasteiger partial charge >= 0.3 is 0 Å². The number of H-pyrrole nitrogens is 1. The SMILES string of the molecule is CCC(C)(C)Oc1ccc(-c2c[nH]cc2C=O)cc1. The quantitative estimate of drug-likeness (QED) is 0.821. The maximum Gasteiger partial charge on any atom is 0.152 e. The van der Waals surface area contributed by atoms with Gasteiger partial charge in [-0.05, 0) is 38.0 Å². The minimum absolute atomic E-state index is 0.163. The van der Waals surface area contributed by atoms with E-state index in [1.807, 2.05) is 30.5 Å². The van der Waals surface area contributed by atoms with Crippen molar-refractivity contribution in [3.63, 3.8) is 0 Å². The number of aldehydes is 1. The van der Waals surface area contributed by atoms with Gasteiger partial charge in [-0.3, -0.25) is 4.79 Å². The number of nitrogens with one attached hydrogen (secondary N) is 1. The van der Waals surface area contributed by atoms with Crippen LogP contribution in [0.15, 0.2) is 36.7 Å². The van der Waals surface area contributed by atoms with Gasteiger partial charge in [0.25, 0.3) is 0 Å². The molecule has 0 aliphatic rings. The van der Waals surface area contributed by atoms with Crippen LogP contribution in [-0.2, 0) is 0 Å². The second-order valence-electron chi connectivity index (χ2n) is 5.18. The molecule has 0 aliphatic carbocycles. The molecule has 0 unspecified atom stereocenters. The zero-order chi connectivity index (χ0) is 13.9. The molecule has 0 amide bonds. The summed E-state index contributed by atoms with van der Waals surface area (Å²) in [6.45, 7) is 6.24. The van der Waals surface area contributed by atoms with Crippen LogP contribution in [0.3, 0.4) is 0 Å². The first-order valence-electron chi connectivity index (χ1n) is 6.47. The molecule has 3 heteroatoms.